The number of hydrogen-bond acceptors (Lipinski definition) is 3. The first-order valence-electron chi connectivity index (χ1n) is 6.93. The fourth-order valence-electron chi connectivity index (χ4n) is 2.53. The van der Waals surface area contributed by atoms with E-state index in [1.165, 1.54) is 25.7 Å². The number of anilines is 1. The Morgan fingerprint density at radius 3 is 2.50 bits per heavy atom. The minimum atomic E-state index is -0.425. The lowest BCUT2D eigenvalue weighted by Crippen LogP contribution is -2.29. The lowest BCUT2D eigenvalue weighted by Gasteiger charge is -2.23. The Morgan fingerprint density at radius 2 is 1.89 bits per heavy atom. The highest BCUT2D eigenvalue weighted by Crippen LogP contribution is 2.21. The summed E-state index contributed by atoms with van der Waals surface area (Å²) in [7, 11) is 0. The Morgan fingerprint density at radius 1 is 1.22 bits per heavy atom. The van der Waals surface area contributed by atoms with E-state index >= 15 is 0 Å². The normalized spacial score (nSPS) is 19.4. The van der Waals surface area contributed by atoms with Gasteiger partial charge in [-0.2, -0.15) is 0 Å². The van der Waals surface area contributed by atoms with Crippen LogP contribution < -0.4 is 5.73 Å². The lowest BCUT2D eigenvalue weighted by atomic mass is 10.1. The van der Waals surface area contributed by atoms with Crippen molar-refractivity contribution in [3.05, 3.63) is 29.3 Å². The van der Waals surface area contributed by atoms with Gasteiger partial charge in [0.1, 0.15) is 0 Å². The van der Waals surface area contributed by atoms with Crippen LogP contribution in [0.2, 0.25) is 0 Å². The molecule has 18 heavy (non-hydrogen) atoms. The molecule has 1 aliphatic rings. The van der Waals surface area contributed by atoms with Crippen LogP contribution in [0.25, 0.3) is 0 Å². The third-order valence-electron chi connectivity index (χ3n) is 3.82. The van der Waals surface area contributed by atoms with Crippen LogP contribution in [0.5, 0.6) is 0 Å². The number of likely N-dealkylation sites (tertiary alicyclic amines) is 1. The molecule has 3 heteroatoms. The molecule has 0 saturated carbocycles. The predicted molar refractivity (Wildman–Crippen MR) is 75.5 cm³/mol. The van der Waals surface area contributed by atoms with Gasteiger partial charge in [0.05, 0.1) is 6.10 Å². The maximum Gasteiger partial charge on any atom is 0.0917 e. The quantitative estimate of drug-likeness (QED) is 0.808. The van der Waals surface area contributed by atoms with Gasteiger partial charge in [0.25, 0.3) is 0 Å². The topological polar surface area (TPSA) is 49.5 Å². The molecule has 1 aromatic carbocycles. The minimum absolute atomic E-state index is 0.425. The molecule has 2 rings (SSSR count). The lowest BCUT2D eigenvalue weighted by molar-refractivity contribution is 0.115. The van der Waals surface area contributed by atoms with Gasteiger partial charge in [0.2, 0.25) is 0 Å². The second kappa shape index (κ2) is 6.21. The molecule has 3 nitrogen and oxygen atoms in total. The summed E-state index contributed by atoms with van der Waals surface area (Å²) in [6.07, 6.45) is 4.73. The monoisotopic (exact) mass is 248 g/mol. The van der Waals surface area contributed by atoms with Crippen molar-refractivity contribution in [3.63, 3.8) is 0 Å². The Hall–Kier alpha value is -1.06. The molecule has 0 spiro atoms. The highest BCUT2D eigenvalue weighted by atomic mass is 16.3. The molecule has 1 atom stereocenters. The van der Waals surface area contributed by atoms with E-state index in [4.69, 9.17) is 5.73 Å². The van der Waals surface area contributed by atoms with Crippen LogP contribution in [0.1, 0.15) is 42.9 Å². The van der Waals surface area contributed by atoms with Gasteiger partial charge in [-0.1, -0.05) is 25.0 Å². The van der Waals surface area contributed by atoms with Gasteiger partial charge in [-0.3, -0.25) is 0 Å². The highest BCUT2D eigenvalue weighted by Gasteiger charge is 2.15. The molecule has 0 bridgehead atoms. The standard InChI is InChI=1S/C15H24N2O/c1-12-6-7-13(10-14(12)16)15(18)11-17-8-4-2-3-5-9-17/h6-7,10,15,18H,2-5,8-9,11,16H2,1H3. The molecule has 100 valence electrons. The van der Waals surface area contributed by atoms with Crippen molar-refractivity contribution < 1.29 is 5.11 Å². The van der Waals surface area contributed by atoms with Crippen molar-refractivity contribution in [2.45, 2.75) is 38.7 Å². The van der Waals surface area contributed by atoms with Crippen LogP contribution in [0.3, 0.4) is 0 Å². The SMILES string of the molecule is Cc1ccc(C(O)CN2CCCCCC2)cc1N. The number of benzene rings is 1. The van der Waals surface area contributed by atoms with Crippen LogP contribution in [0.4, 0.5) is 5.69 Å². The number of hydrogen-bond donors (Lipinski definition) is 2. The van der Waals surface area contributed by atoms with Gasteiger partial charge in [0, 0.05) is 12.2 Å². The Balaban J connectivity index is 1.97. The van der Waals surface area contributed by atoms with Crippen molar-refractivity contribution in [2.24, 2.45) is 0 Å². The van der Waals surface area contributed by atoms with Crippen LogP contribution >= 0.6 is 0 Å². The van der Waals surface area contributed by atoms with Gasteiger partial charge in [-0.15, -0.1) is 0 Å². The van der Waals surface area contributed by atoms with Crippen molar-refractivity contribution in [1.82, 2.24) is 4.90 Å². The molecular weight excluding hydrogens is 224 g/mol. The van der Waals surface area contributed by atoms with E-state index in [0.29, 0.717) is 0 Å². The molecule has 1 aliphatic heterocycles. The third-order valence-corrected chi connectivity index (χ3v) is 3.82. The minimum Gasteiger partial charge on any atom is -0.399 e. The summed E-state index contributed by atoms with van der Waals surface area (Å²) in [5.74, 6) is 0. The molecule has 0 aliphatic carbocycles. The molecule has 3 N–H and O–H groups in total. The average molecular weight is 248 g/mol. The van der Waals surface area contributed by atoms with Crippen molar-refractivity contribution in [3.8, 4) is 0 Å². The zero-order chi connectivity index (χ0) is 13.0. The van der Waals surface area contributed by atoms with E-state index < -0.39 is 6.10 Å². The van der Waals surface area contributed by atoms with E-state index in [0.717, 1.165) is 36.4 Å². The molecule has 1 unspecified atom stereocenters. The third kappa shape index (κ3) is 3.47. The van der Waals surface area contributed by atoms with Crippen molar-refractivity contribution >= 4 is 5.69 Å². The predicted octanol–water partition coefficient (Wildman–Crippen LogP) is 2.49. The van der Waals surface area contributed by atoms with E-state index in [2.05, 4.69) is 4.90 Å². The number of nitrogen functional groups attached to an aromatic ring is 1. The van der Waals surface area contributed by atoms with E-state index in [-0.39, 0.29) is 0 Å². The summed E-state index contributed by atoms with van der Waals surface area (Å²) in [6, 6.07) is 5.86. The maximum atomic E-state index is 10.3. The van der Waals surface area contributed by atoms with Gasteiger partial charge in [-0.25, -0.2) is 0 Å². The largest absolute Gasteiger partial charge is 0.399 e. The summed E-state index contributed by atoms with van der Waals surface area (Å²) < 4.78 is 0. The number of nitrogens with two attached hydrogens (primary N) is 1. The van der Waals surface area contributed by atoms with E-state index in [1.807, 2.05) is 25.1 Å². The summed E-state index contributed by atoms with van der Waals surface area (Å²) >= 11 is 0. The van der Waals surface area contributed by atoms with E-state index in [1.54, 1.807) is 0 Å². The summed E-state index contributed by atoms with van der Waals surface area (Å²) in [4.78, 5) is 2.37. The van der Waals surface area contributed by atoms with Crippen LogP contribution in [-0.4, -0.2) is 29.6 Å². The molecule has 1 heterocycles. The summed E-state index contributed by atoms with van der Waals surface area (Å²) in [5, 5.41) is 10.3. The van der Waals surface area contributed by atoms with Crippen LogP contribution in [-0.2, 0) is 0 Å². The molecule has 1 saturated heterocycles. The zero-order valence-corrected chi connectivity index (χ0v) is 11.2. The smallest absolute Gasteiger partial charge is 0.0917 e. The van der Waals surface area contributed by atoms with Gasteiger partial charge < -0.3 is 15.7 Å². The van der Waals surface area contributed by atoms with Crippen LogP contribution in [0, 0.1) is 6.92 Å². The summed E-state index contributed by atoms with van der Waals surface area (Å²) in [5.41, 5.74) is 8.66. The van der Waals surface area contributed by atoms with Crippen LogP contribution in [0.15, 0.2) is 18.2 Å². The number of aliphatic hydroxyl groups excluding tert-OH is 1. The highest BCUT2D eigenvalue weighted by molar-refractivity contribution is 5.48. The molecule has 0 radical (unpaired) electrons. The fraction of sp³-hybridized carbons (Fsp3) is 0.600. The number of aryl methyl sites for hydroxylation is 1. The fourth-order valence-corrected chi connectivity index (χ4v) is 2.53. The molecule has 1 aromatic rings. The zero-order valence-electron chi connectivity index (χ0n) is 11.2. The second-order valence-corrected chi connectivity index (χ2v) is 5.35. The van der Waals surface area contributed by atoms with Gasteiger partial charge in [-0.05, 0) is 50.0 Å². The molecular formula is C15H24N2O. The first kappa shape index (κ1) is 13.4. The number of β-amino-alcohol motifs (C(OH)–C–C–N with tert-alkyl or cyclic N) is 1. The van der Waals surface area contributed by atoms with Gasteiger partial charge in [0.15, 0.2) is 0 Å². The molecule has 0 amide bonds. The van der Waals surface area contributed by atoms with Gasteiger partial charge >= 0.3 is 0 Å². The number of rotatable bonds is 3. The van der Waals surface area contributed by atoms with Crippen molar-refractivity contribution in [1.29, 1.82) is 0 Å². The Bertz CT molecular complexity index is 384. The first-order valence-corrected chi connectivity index (χ1v) is 6.93. The van der Waals surface area contributed by atoms with Crippen molar-refractivity contribution in [2.75, 3.05) is 25.4 Å². The number of nitrogens with zero attached hydrogens (tertiary/aromatic N) is 1. The molecule has 1 fully saturated rings. The maximum absolute atomic E-state index is 10.3. The Labute approximate surface area is 110 Å². The Kier molecular flexibility index (Phi) is 4.61. The molecule has 0 aromatic heterocycles. The second-order valence-electron chi connectivity index (χ2n) is 5.35. The summed E-state index contributed by atoms with van der Waals surface area (Å²) in [6.45, 7) is 4.93. The van der Waals surface area contributed by atoms with E-state index in [9.17, 15) is 5.11 Å². The number of aliphatic hydroxyl groups is 1. The average Bonchev–Trinajstić information content (AvgIpc) is 2.61. The first-order chi connectivity index (χ1) is 8.66.